The summed E-state index contributed by atoms with van der Waals surface area (Å²) in [7, 11) is 3.14. The second kappa shape index (κ2) is 7.82. The van der Waals surface area contributed by atoms with Gasteiger partial charge in [0.1, 0.15) is 19.0 Å². The standard InChI is InChI=1S/C20H27N3O4/c1-11-9-12(2)18(27-16(6)14(4)21-26-8)10-17(11)23-19(24)13(3)15(5)22(7)20(23)25/h9-10,16H,1-8H3. The van der Waals surface area contributed by atoms with Crippen molar-refractivity contribution < 1.29 is 9.57 Å². The summed E-state index contributed by atoms with van der Waals surface area (Å²) in [5, 5.41) is 3.89. The summed E-state index contributed by atoms with van der Waals surface area (Å²) in [5.41, 5.74) is 3.40. The highest BCUT2D eigenvalue weighted by Gasteiger charge is 2.17. The summed E-state index contributed by atoms with van der Waals surface area (Å²) in [6, 6.07) is 3.64. The molecule has 0 saturated heterocycles. The van der Waals surface area contributed by atoms with Crippen LogP contribution in [0.4, 0.5) is 0 Å². The van der Waals surface area contributed by atoms with Gasteiger partial charge in [0.2, 0.25) is 0 Å². The van der Waals surface area contributed by atoms with Crippen LogP contribution < -0.4 is 16.0 Å². The lowest BCUT2D eigenvalue weighted by Gasteiger charge is -2.19. The molecule has 2 aromatic rings. The molecule has 0 aliphatic heterocycles. The number of hydrogen-bond donors (Lipinski definition) is 0. The minimum atomic E-state index is -0.383. The first-order valence-corrected chi connectivity index (χ1v) is 8.75. The summed E-state index contributed by atoms with van der Waals surface area (Å²) in [6.45, 7) is 10.9. The van der Waals surface area contributed by atoms with E-state index in [1.54, 1.807) is 27.0 Å². The Bertz CT molecular complexity index is 978. The van der Waals surface area contributed by atoms with E-state index in [9.17, 15) is 9.59 Å². The van der Waals surface area contributed by atoms with E-state index < -0.39 is 0 Å². The van der Waals surface area contributed by atoms with Gasteiger partial charge in [0.05, 0.1) is 11.4 Å². The first-order valence-electron chi connectivity index (χ1n) is 8.75. The van der Waals surface area contributed by atoms with Gasteiger partial charge in [0.15, 0.2) is 0 Å². The average Bonchev–Trinajstić information content (AvgIpc) is 2.62. The third-order valence-corrected chi connectivity index (χ3v) is 4.91. The number of hydrogen-bond acceptors (Lipinski definition) is 5. The van der Waals surface area contributed by atoms with Gasteiger partial charge in [-0.1, -0.05) is 11.2 Å². The summed E-state index contributed by atoms with van der Waals surface area (Å²) in [6.07, 6.45) is -0.321. The van der Waals surface area contributed by atoms with Crippen LogP contribution >= 0.6 is 0 Å². The van der Waals surface area contributed by atoms with Gasteiger partial charge in [-0.2, -0.15) is 0 Å². The maximum atomic E-state index is 12.8. The fraction of sp³-hybridized carbons (Fsp3) is 0.450. The molecule has 146 valence electrons. The second-order valence-electron chi connectivity index (χ2n) is 6.77. The maximum Gasteiger partial charge on any atom is 0.335 e. The molecule has 7 nitrogen and oxygen atoms in total. The zero-order valence-electron chi connectivity index (χ0n) is 17.2. The van der Waals surface area contributed by atoms with E-state index in [0.29, 0.717) is 28.4 Å². The van der Waals surface area contributed by atoms with Crippen molar-refractivity contribution in [1.82, 2.24) is 9.13 Å². The van der Waals surface area contributed by atoms with Gasteiger partial charge in [-0.3, -0.25) is 4.79 Å². The van der Waals surface area contributed by atoms with Gasteiger partial charge in [-0.05, 0) is 52.7 Å². The monoisotopic (exact) mass is 373 g/mol. The Kier molecular flexibility index (Phi) is 5.93. The number of aromatic nitrogens is 2. The van der Waals surface area contributed by atoms with Crippen molar-refractivity contribution in [2.75, 3.05) is 7.11 Å². The second-order valence-corrected chi connectivity index (χ2v) is 6.77. The molecular weight excluding hydrogens is 346 g/mol. The smallest absolute Gasteiger partial charge is 0.335 e. The molecule has 0 spiro atoms. The Hall–Kier alpha value is -2.83. The highest BCUT2D eigenvalue weighted by molar-refractivity contribution is 5.85. The molecule has 1 heterocycles. The molecule has 2 rings (SSSR count). The largest absolute Gasteiger partial charge is 0.484 e. The van der Waals surface area contributed by atoms with E-state index in [4.69, 9.17) is 9.57 Å². The van der Waals surface area contributed by atoms with Crippen molar-refractivity contribution in [3.8, 4) is 11.4 Å². The minimum absolute atomic E-state index is 0.321. The summed E-state index contributed by atoms with van der Waals surface area (Å²) < 4.78 is 8.69. The van der Waals surface area contributed by atoms with Gasteiger partial charge < -0.3 is 14.1 Å². The van der Waals surface area contributed by atoms with Crippen molar-refractivity contribution in [2.24, 2.45) is 12.2 Å². The molecule has 1 aromatic carbocycles. The molecule has 0 amide bonds. The number of nitrogens with zero attached hydrogens (tertiary/aromatic N) is 3. The lowest BCUT2D eigenvalue weighted by atomic mass is 10.1. The Labute approximate surface area is 158 Å². The summed E-state index contributed by atoms with van der Waals surface area (Å²) in [5.74, 6) is 0.584. The Morgan fingerprint density at radius 1 is 1.11 bits per heavy atom. The van der Waals surface area contributed by atoms with E-state index in [-0.39, 0.29) is 17.4 Å². The van der Waals surface area contributed by atoms with E-state index in [1.165, 1.54) is 16.2 Å². The Morgan fingerprint density at radius 3 is 2.33 bits per heavy atom. The summed E-state index contributed by atoms with van der Waals surface area (Å²) in [4.78, 5) is 30.4. The van der Waals surface area contributed by atoms with Crippen molar-refractivity contribution >= 4 is 5.71 Å². The van der Waals surface area contributed by atoms with Crippen molar-refractivity contribution in [3.05, 3.63) is 55.4 Å². The van der Waals surface area contributed by atoms with Crippen molar-refractivity contribution in [3.63, 3.8) is 0 Å². The highest BCUT2D eigenvalue weighted by Crippen LogP contribution is 2.25. The topological polar surface area (TPSA) is 74.8 Å². The van der Waals surface area contributed by atoms with Gasteiger partial charge in [-0.25, -0.2) is 9.36 Å². The quantitative estimate of drug-likeness (QED) is 0.596. The zero-order valence-corrected chi connectivity index (χ0v) is 17.2. The van der Waals surface area contributed by atoms with Crippen LogP contribution in [-0.4, -0.2) is 28.1 Å². The predicted molar refractivity (Wildman–Crippen MR) is 106 cm³/mol. The zero-order chi connectivity index (χ0) is 20.5. The van der Waals surface area contributed by atoms with Gasteiger partial charge in [0.25, 0.3) is 5.56 Å². The van der Waals surface area contributed by atoms with Gasteiger partial charge >= 0.3 is 5.69 Å². The molecule has 0 radical (unpaired) electrons. The van der Waals surface area contributed by atoms with Crippen LogP contribution in [0.3, 0.4) is 0 Å². The van der Waals surface area contributed by atoms with Crippen LogP contribution in [0.1, 0.15) is 36.2 Å². The Balaban J connectivity index is 2.67. The fourth-order valence-corrected chi connectivity index (χ4v) is 2.85. The first-order chi connectivity index (χ1) is 12.6. The summed E-state index contributed by atoms with van der Waals surface area (Å²) >= 11 is 0. The molecule has 7 heteroatoms. The number of oxime groups is 1. The van der Waals surface area contributed by atoms with Crippen molar-refractivity contribution in [1.29, 1.82) is 0 Å². The molecule has 0 aliphatic carbocycles. The van der Waals surface area contributed by atoms with Crippen molar-refractivity contribution in [2.45, 2.75) is 47.6 Å². The first kappa shape index (κ1) is 20.5. The highest BCUT2D eigenvalue weighted by atomic mass is 16.6. The third kappa shape index (κ3) is 3.82. The van der Waals surface area contributed by atoms with Crippen LogP contribution in [0.25, 0.3) is 5.69 Å². The molecule has 0 saturated carbocycles. The SMILES string of the molecule is CON=C(C)C(C)Oc1cc(-n2c(=O)c(C)c(C)n(C)c2=O)c(C)cc1C. The third-order valence-electron chi connectivity index (χ3n) is 4.91. The van der Waals surface area contributed by atoms with Gasteiger partial charge in [0, 0.05) is 24.4 Å². The number of ether oxygens (including phenoxy) is 1. The lowest BCUT2D eigenvalue weighted by Crippen LogP contribution is -2.40. The molecule has 0 N–H and O–H groups in total. The molecule has 0 fully saturated rings. The molecule has 0 bridgehead atoms. The van der Waals surface area contributed by atoms with E-state index in [2.05, 4.69) is 5.16 Å². The molecule has 27 heavy (non-hydrogen) atoms. The fourth-order valence-electron chi connectivity index (χ4n) is 2.85. The maximum absolute atomic E-state index is 12.8. The normalized spacial score (nSPS) is 12.8. The Morgan fingerprint density at radius 2 is 1.74 bits per heavy atom. The van der Waals surface area contributed by atoms with E-state index in [0.717, 1.165) is 11.1 Å². The van der Waals surface area contributed by atoms with Gasteiger partial charge in [-0.15, -0.1) is 0 Å². The molecule has 0 aliphatic rings. The van der Waals surface area contributed by atoms with Crippen LogP contribution in [0.2, 0.25) is 0 Å². The molecule has 1 aromatic heterocycles. The predicted octanol–water partition coefficient (Wildman–Crippen LogP) is 2.56. The van der Waals surface area contributed by atoms with Crippen LogP contribution in [0.5, 0.6) is 5.75 Å². The van der Waals surface area contributed by atoms with E-state index >= 15 is 0 Å². The average molecular weight is 373 g/mol. The number of rotatable bonds is 5. The van der Waals surface area contributed by atoms with E-state index in [1.807, 2.05) is 33.8 Å². The van der Waals surface area contributed by atoms with Crippen LogP contribution in [0, 0.1) is 27.7 Å². The minimum Gasteiger partial charge on any atom is -0.484 e. The molecular formula is C20H27N3O4. The lowest BCUT2D eigenvalue weighted by molar-refractivity contribution is 0.203. The molecule has 1 unspecified atom stereocenters. The molecule has 1 atom stereocenters. The van der Waals surface area contributed by atoms with Crippen LogP contribution in [0.15, 0.2) is 26.9 Å². The number of benzene rings is 1. The van der Waals surface area contributed by atoms with Crippen LogP contribution in [-0.2, 0) is 11.9 Å². The number of aryl methyl sites for hydroxylation is 2.